The normalized spacial score (nSPS) is 15.1. The molecule has 1 saturated carbocycles. The maximum atomic E-state index is 11.5. The van der Waals surface area contributed by atoms with Crippen molar-refractivity contribution in [3.05, 3.63) is 34.9 Å². The van der Waals surface area contributed by atoms with Crippen molar-refractivity contribution in [2.75, 3.05) is 0 Å². The maximum Gasteiger partial charge on any atom is 0.265 e. The van der Waals surface area contributed by atoms with Gasteiger partial charge in [-0.2, -0.15) is 4.98 Å². The average Bonchev–Trinajstić information content (AvgIpc) is 3.16. The molecule has 0 saturated heterocycles. The largest absolute Gasteiger partial charge is 0.482 e. The number of aromatic nitrogens is 2. The van der Waals surface area contributed by atoms with Crippen molar-refractivity contribution in [1.82, 2.24) is 10.1 Å². The molecule has 2 aromatic rings. The number of nitrogens with zero attached hydrogens (tertiary/aromatic N) is 2. The second kappa shape index (κ2) is 5.47. The van der Waals surface area contributed by atoms with Crippen LogP contribution in [-0.2, 0) is 15.7 Å². The van der Waals surface area contributed by atoms with E-state index in [-0.39, 0.29) is 28.2 Å². The SMILES string of the molecule is O=S(=O)(Cl)c1cc(Cl)ccc1OCc1nc(C2CC2)no1. The molecular formula is C12H10Cl2N2O4S. The van der Waals surface area contributed by atoms with E-state index < -0.39 is 9.05 Å². The number of benzene rings is 1. The van der Waals surface area contributed by atoms with E-state index in [1.807, 2.05) is 0 Å². The van der Waals surface area contributed by atoms with Gasteiger partial charge in [0.05, 0.1) is 0 Å². The lowest BCUT2D eigenvalue weighted by atomic mass is 10.3. The summed E-state index contributed by atoms with van der Waals surface area (Å²) < 4.78 is 33.4. The molecule has 0 unspecified atom stereocenters. The summed E-state index contributed by atoms with van der Waals surface area (Å²) in [6.45, 7) is -0.0409. The third-order valence-electron chi connectivity index (χ3n) is 2.95. The van der Waals surface area contributed by atoms with E-state index in [4.69, 9.17) is 31.5 Å². The fraction of sp³-hybridized carbons (Fsp3) is 0.333. The summed E-state index contributed by atoms with van der Waals surface area (Å²) >= 11 is 5.77. The molecule has 21 heavy (non-hydrogen) atoms. The molecule has 1 heterocycles. The quantitative estimate of drug-likeness (QED) is 0.772. The van der Waals surface area contributed by atoms with Crippen LogP contribution in [0.1, 0.15) is 30.5 Å². The molecule has 3 rings (SSSR count). The van der Waals surface area contributed by atoms with Crippen molar-refractivity contribution < 1.29 is 17.7 Å². The van der Waals surface area contributed by atoms with Crippen molar-refractivity contribution in [2.24, 2.45) is 0 Å². The Hall–Kier alpha value is -1.31. The highest BCUT2D eigenvalue weighted by Crippen LogP contribution is 2.38. The Labute approximate surface area is 130 Å². The van der Waals surface area contributed by atoms with Gasteiger partial charge in [-0.15, -0.1) is 0 Å². The van der Waals surface area contributed by atoms with Gasteiger partial charge in [0.15, 0.2) is 12.4 Å². The molecule has 1 aliphatic rings. The Bertz CT molecular complexity index is 771. The van der Waals surface area contributed by atoms with Crippen molar-refractivity contribution in [3.63, 3.8) is 0 Å². The molecule has 1 aromatic carbocycles. The monoisotopic (exact) mass is 348 g/mol. The molecule has 0 spiro atoms. The number of halogens is 2. The molecule has 1 fully saturated rings. The minimum absolute atomic E-state index is 0.0409. The molecule has 9 heteroatoms. The van der Waals surface area contributed by atoms with Gasteiger partial charge in [0.1, 0.15) is 10.6 Å². The molecule has 1 aliphatic carbocycles. The molecule has 112 valence electrons. The third-order valence-corrected chi connectivity index (χ3v) is 4.52. The highest BCUT2D eigenvalue weighted by Gasteiger charge is 2.29. The van der Waals surface area contributed by atoms with E-state index in [0.717, 1.165) is 12.8 Å². The summed E-state index contributed by atoms with van der Waals surface area (Å²) in [5.41, 5.74) is 0. The summed E-state index contributed by atoms with van der Waals surface area (Å²) in [5.74, 6) is 1.40. The van der Waals surface area contributed by atoms with E-state index in [1.165, 1.54) is 18.2 Å². The van der Waals surface area contributed by atoms with Crippen LogP contribution in [0.4, 0.5) is 0 Å². The summed E-state index contributed by atoms with van der Waals surface area (Å²) in [6.07, 6.45) is 2.12. The van der Waals surface area contributed by atoms with Crippen LogP contribution in [0.25, 0.3) is 0 Å². The Balaban J connectivity index is 1.77. The molecule has 0 radical (unpaired) electrons. The van der Waals surface area contributed by atoms with Gasteiger partial charge < -0.3 is 9.26 Å². The predicted molar refractivity (Wildman–Crippen MR) is 75.1 cm³/mol. The Kier molecular flexibility index (Phi) is 3.81. The lowest BCUT2D eigenvalue weighted by molar-refractivity contribution is 0.237. The van der Waals surface area contributed by atoms with Gasteiger partial charge in [-0.3, -0.25) is 0 Å². The van der Waals surface area contributed by atoms with Gasteiger partial charge in [0.2, 0.25) is 0 Å². The van der Waals surface area contributed by atoms with Crippen molar-refractivity contribution in [1.29, 1.82) is 0 Å². The fourth-order valence-corrected chi connectivity index (χ4v) is 3.00. The van der Waals surface area contributed by atoms with Crippen LogP contribution < -0.4 is 4.74 Å². The van der Waals surface area contributed by atoms with Gasteiger partial charge in [0.25, 0.3) is 14.9 Å². The van der Waals surface area contributed by atoms with Crippen LogP contribution in [-0.4, -0.2) is 18.6 Å². The molecule has 0 N–H and O–H groups in total. The van der Waals surface area contributed by atoms with Gasteiger partial charge in [0, 0.05) is 21.6 Å². The van der Waals surface area contributed by atoms with E-state index in [1.54, 1.807) is 0 Å². The van der Waals surface area contributed by atoms with Gasteiger partial charge >= 0.3 is 0 Å². The summed E-state index contributed by atoms with van der Waals surface area (Å²) in [7, 11) is 1.39. The Morgan fingerprint density at radius 3 is 2.81 bits per heavy atom. The standard InChI is InChI=1S/C12H10Cl2N2O4S/c13-8-3-4-9(10(5-8)21(14,17)18)19-6-11-15-12(16-20-11)7-1-2-7/h3-5,7H,1-2,6H2. The first kappa shape index (κ1) is 14.6. The van der Waals surface area contributed by atoms with Crippen LogP contribution >= 0.6 is 22.3 Å². The van der Waals surface area contributed by atoms with Crippen LogP contribution in [0.2, 0.25) is 5.02 Å². The van der Waals surface area contributed by atoms with Crippen LogP contribution in [0.3, 0.4) is 0 Å². The minimum Gasteiger partial charge on any atom is -0.482 e. The zero-order chi connectivity index (χ0) is 15.0. The lowest BCUT2D eigenvalue weighted by Gasteiger charge is -2.07. The van der Waals surface area contributed by atoms with Crippen molar-refractivity contribution >= 4 is 31.3 Å². The predicted octanol–water partition coefficient (Wildman–Crippen LogP) is 3.11. The fourth-order valence-electron chi connectivity index (χ4n) is 1.77. The Morgan fingerprint density at radius 2 is 2.14 bits per heavy atom. The summed E-state index contributed by atoms with van der Waals surface area (Å²) in [5, 5.41) is 4.09. The van der Waals surface area contributed by atoms with Crippen LogP contribution in [0.15, 0.2) is 27.6 Å². The van der Waals surface area contributed by atoms with Gasteiger partial charge in [-0.05, 0) is 31.0 Å². The molecule has 0 aliphatic heterocycles. The smallest absolute Gasteiger partial charge is 0.265 e. The number of rotatable bonds is 5. The van der Waals surface area contributed by atoms with Crippen molar-refractivity contribution in [2.45, 2.75) is 30.3 Å². The number of ether oxygens (including phenoxy) is 1. The topological polar surface area (TPSA) is 82.3 Å². The first-order chi connectivity index (χ1) is 9.93. The zero-order valence-electron chi connectivity index (χ0n) is 10.6. The van der Waals surface area contributed by atoms with Crippen LogP contribution in [0.5, 0.6) is 5.75 Å². The van der Waals surface area contributed by atoms with Crippen molar-refractivity contribution in [3.8, 4) is 5.75 Å². The second-order valence-corrected chi connectivity index (χ2v) is 7.61. The molecule has 1 aromatic heterocycles. The summed E-state index contributed by atoms with van der Waals surface area (Å²) in [4.78, 5) is 3.99. The zero-order valence-corrected chi connectivity index (χ0v) is 13.0. The van der Waals surface area contributed by atoms with Gasteiger partial charge in [-0.1, -0.05) is 16.8 Å². The first-order valence-electron chi connectivity index (χ1n) is 6.13. The highest BCUT2D eigenvalue weighted by molar-refractivity contribution is 8.13. The first-order valence-corrected chi connectivity index (χ1v) is 8.82. The lowest BCUT2D eigenvalue weighted by Crippen LogP contribution is -2.01. The highest BCUT2D eigenvalue weighted by atomic mass is 35.7. The molecule has 6 nitrogen and oxygen atoms in total. The minimum atomic E-state index is -3.96. The molecular weight excluding hydrogens is 339 g/mol. The second-order valence-electron chi connectivity index (χ2n) is 4.64. The van der Waals surface area contributed by atoms with E-state index in [2.05, 4.69) is 10.1 Å². The number of hydrogen-bond acceptors (Lipinski definition) is 6. The molecule has 0 bridgehead atoms. The molecule has 0 atom stereocenters. The third kappa shape index (κ3) is 3.48. The van der Waals surface area contributed by atoms with E-state index in [0.29, 0.717) is 11.7 Å². The Morgan fingerprint density at radius 1 is 1.38 bits per heavy atom. The molecule has 0 amide bonds. The average molecular weight is 349 g/mol. The van der Waals surface area contributed by atoms with Crippen LogP contribution in [0, 0.1) is 0 Å². The van der Waals surface area contributed by atoms with Gasteiger partial charge in [-0.25, -0.2) is 8.42 Å². The van der Waals surface area contributed by atoms with E-state index in [9.17, 15) is 8.42 Å². The number of hydrogen-bond donors (Lipinski definition) is 0. The van der Waals surface area contributed by atoms with E-state index >= 15 is 0 Å². The maximum absolute atomic E-state index is 11.5. The summed E-state index contributed by atoms with van der Waals surface area (Å²) in [6, 6.07) is 4.16.